The van der Waals surface area contributed by atoms with Gasteiger partial charge in [0.2, 0.25) is 0 Å². The minimum Gasteiger partial charge on any atom is -0.444 e. The number of pyridine rings is 1. The second-order valence-electron chi connectivity index (χ2n) is 8.74. The number of thioether (sulfide) groups is 1. The molecule has 2 bridgehead atoms. The van der Waals surface area contributed by atoms with Crippen LogP contribution in [0.15, 0.2) is 5.16 Å². The molecule has 0 radical (unpaired) electrons. The summed E-state index contributed by atoms with van der Waals surface area (Å²) < 4.78 is 20.4. The number of aryl methyl sites for hydroxylation is 1. The number of aromatic nitrogens is 3. The highest BCUT2D eigenvalue weighted by molar-refractivity contribution is 7.98. The number of hydrogen-bond donors (Lipinski definition) is 0. The molecular formula is C20H25ClFN5O2S. The van der Waals surface area contributed by atoms with E-state index >= 15 is 0 Å². The summed E-state index contributed by atoms with van der Waals surface area (Å²) in [6.45, 7) is 8.59. The van der Waals surface area contributed by atoms with Gasteiger partial charge in [-0.2, -0.15) is 0 Å². The number of piperazine rings is 1. The number of amides is 1. The predicted molar refractivity (Wildman–Crippen MR) is 116 cm³/mol. The largest absolute Gasteiger partial charge is 0.444 e. The normalized spacial score (nSPS) is 21.4. The first-order chi connectivity index (χ1) is 14.1. The summed E-state index contributed by atoms with van der Waals surface area (Å²) in [4.78, 5) is 29.9. The number of halogens is 2. The highest BCUT2D eigenvalue weighted by Crippen LogP contribution is 2.37. The van der Waals surface area contributed by atoms with Crippen LogP contribution in [0.4, 0.5) is 15.0 Å². The Bertz CT molecular complexity index is 1000. The van der Waals surface area contributed by atoms with Crippen molar-refractivity contribution in [3.8, 4) is 0 Å². The third-order valence-electron chi connectivity index (χ3n) is 5.45. The van der Waals surface area contributed by atoms with E-state index < -0.39 is 11.4 Å². The van der Waals surface area contributed by atoms with Crippen molar-refractivity contribution in [2.45, 2.75) is 63.4 Å². The molecule has 10 heteroatoms. The van der Waals surface area contributed by atoms with Crippen LogP contribution < -0.4 is 4.90 Å². The molecule has 2 aliphatic rings. The Hall–Kier alpha value is -1.87. The zero-order chi connectivity index (χ0) is 21.8. The Morgan fingerprint density at radius 3 is 2.40 bits per heavy atom. The van der Waals surface area contributed by atoms with E-state index in [0.29, 0.717) is 35.1 Å². The van der Waals surface area contributed by atoms with E-state index in [-0.39, 0.29) is 28.8 Å². The molecule has 4 heterocycles. The average molecular weight is 454 g/mol. The minimum absolute atomic E-state index is 0.0201. The van der Waals surface area contributed by atoms with E-state index in [2.05, 4.69) is 14.9 Å². The topological polar surface area (TPSA) is 71.5 Å². The van der Waals surface area contributed by atoms with Crippen LogP contribution in [0.5, 0.6) is 0 Å². The zero-order valence-electron chi connectivity index (χ0n) is 17.7. The van der Waals surface area contributed by atoms with E-state index in [0.717, 1.165) is 12.8 Å². The molecule has 4 rings (SSSR count). The number of nitrogens with zero attached hydrogens (tertiary/aromatic N) is 5. The van der Waals surface area contributed by atoms with Crippen LogP contribution in [0.3, 0.4) is 0 Å². The van der Waals surface area contributed by atoms with Crippen LogP contribution in [0.1, 0.15) is 39.3 Å². The first-order valence-corrected chi connectivity index (χ1v) is 11.5. The van der Waals surface area contributed by atoms with Crippen molar-refractivity contribution in [2.75, 3.05) is 24.2 Å². The lowest BCUT2D eigenvalue weighted by Crippen LogP contribution is -2.57. The fourth-order valence-electron chi connectivity index (χ4n) is 4.28. The Balaban J connectivity index is 1.72. The zero-order valence-corrected chi connectivity index (χ0v) is 19.3. The lowest BCUT2D eigenvalue weighted by Gasteiger charge is -2.42. The third-order valence-corrected chi connectivity index (χ3v) is 6.25. The molecule has 0 aromatic carbocycles. The monoisotopic (exact) mass is 453 g/mol. The molecule has 2 aromatic rings. The van der Waals surface area contributed by atoms with Gasteiger partial charge in [-0.25, -0.2) is 24.1 Å². The molecule has 0 spiro atoms. The molecule has 2 saturated heterocycles. The maximum absolute atomic E-state index is 14.8. The first kappa shape index (κ1) is 21.4. The van der Waals surface area contributed by atoms with Gasteiger partial charge in [0.15, 0.2) is 16.1 Å². The van der Waals surface area contributed by atoms with Crippen molar-refractivity contribution in [2.24, 2.45) is 0 Å². The van der Waals surface area contributed by atoms with Gasteiger partial charge in [-0.15, -0.1) is 0 Å². The van der Waals surface area contributed by atoms with Gasteiger partial charge in [-0.1, -0.05) is 23.4 Å². The van der Waals surface area contributed by atoms with Crippen molar-refractivity contribution in [1.29, 1.82) is 0 Å². The Morgan fingerprint density at radius 2 is 1.83 bits per heavy atom. The van der Waals surface area contributed by atoms with E-state index in [1.54, 1.807) is 6.92 Å². The second kappa shape index (κ2) is 7.67. The molecule has 2 atom stereocenters. The highest BCUT2D eigenvalue weighted by Gasteiger charge is 2.45. The molecule has 7 nitrogen and oxygen atoms in total. The van der Waals surface area contributed by atoms with Gasteiger partial charge < -0.3 is 9.64 Å². The maximum Gasteiger partial charge on any atom is 0.410 e. The summed E-state index contributed by atoms with van der Waals surface area (Å²) in [5.74, 6) is 0.0113. The first-order valence-electron chi connectivity index (χ1n) is 9.92. The molecule has 0 N–H and O–H groups in total. The Kier molecular flexibility index (Phi) is 5.47. The van der Waals surface area contributed by atoms with E-state index in [9.17, 15) is 9.18 Å². The average Bonchev–Trinajstić information content (AvgIpc) is 2.94. The lowest BCUT2D eigenvalue weighted by atomic mass is 10.1. The number of fused-ring (bicyclic) bond motifs is 3. The predicted octanol–water partition coefficient (Wildman–Crippen LogP) is 4.44. The standard InChI is InChI=1S/C20H25ClFN5O2S/c1-10-13-15(14(22)16(21)23-10)24-18(30-5)25-17(13)26-8-11-6-7-12(9-26)27(11)19(28)29-20(2,3)4/h11-12H,6-9H2,1-5H3/t11-,12+. The van der Waals surface area contributed by atoms with Gasteiger partial charge in [0.05, 0.1) is 23.2 Å². The van der Waals surface area contributed by atoms with Crippen molar-refractivity contribution < 1.29 is 13.9 Å². The van der Waals surface area contributed by atoms with Crippen molar-refractivity contribution in [3.63, 3.8) is 0 Å². The molecular weight excluding hydrogens is 429 g/mol. The summed E-state index contributed by atoms with van der Waals surface area (Å²) in [7, 11) is 0. The molecule has 0 saturated carbocycles. The SMILES string of the molecule is CSc1nc(N2C[C@H]3CC[C@@H](C2)N3C(=O)OC(C)(C)C)c2c(C)nc(Cl)c(F)c2n1. The lowest BCUT2D eigenvalue weighted by molar-refractivity contribution is 0.0123. The summed E-state index contributed by atoms with van der Waals surface area (Å²) in [5, 5.41) is 0.853. The fourth-order valence-corrected chi connectivity index (χ4v) is 4.86. The maximum atomic E-state index is 14.8. The number of carbonyl (C=O) groups is 1. The smallest absolute Gasteiger partial charge is 0.410 e. The van der Waals surface area contributed by atoms with Gasteiger partial charge in [0.1, 0.15) is 16.9 Å². The van der Waals surface area contributed by atoms with Crippen molar-refractivity contribution in [1.82, 2.24) is 19.9 Å². The van der Waals surface area contributed by atoms with E-state index in [1.165, 1.54) is 11.8 Å². The van der Waals surface area contributed by atoms with Crippen LogP contribution in [-0.4, -0.2) is 63.0 Å². The molecule has 2 aliphatic heterocycles. The highest BCUT2D eigenvalue weighted by atomic mass is 35.5. The van der Waals surface area contributed by atoms with Gasteiger partial charge >= 0.3 is 6.09 Å². The molecule has 0 unspecified atom stereocenters. The van der Waals surface area contributed by atoms with Gasteiger partial charge in [-0.05, 0) is 46.8 Å². The van der Waals surface area contributed by atoms with Crippen LogP contribution in [0.2, 0.25) is 5.15 Å². The van der Waals surface area contributed by atoms with Crippen LogP contribution >= 0.6 is 23.4 Å². The minimum atomic E-state index is -0.633. The molecule has 0 aliphatic carbocycles. The van der Waals surface area contributed by atoms with Gasteiger partial charge in [-0.3, -0.25) is 4.90 Å². The van der Waals surface area contributed by atoms with E-state index in [4.69, 9.17) is 21.3 Å². The molecule has 162 valence electrons. The Morgan fingerprint density at radius 1 is 1.20 bits per heavy atom. The fraction of sp³-hybridized carbons (Fsp3) is 0.600. The third kappa shape index (κ3) is 3.77. The molecule has 1 amide bonds. The van der Waals surface area contributed by atoms with Crippen LogP contribution in [0.25, 0.3) is 10.9 Å². The summed E-state index contributed by atoms with van der Waals surface area (Å²) in [6, 6.07) is 0.0403. The number of ether oxygens (including phenoxy) is 1. The quantitative estimate of drug-likeness (QED) is 0.378. The second-order valence-corrected chi connectivity index (χ2v) is 9.87. The number of anilines is 1. The molecule has 2 fully saturated rings. The number of carbonyl (C=O) groups excluding carboxylic acids is 1. The summed E-state index contributed by atoms with van der Waals surface area (Å²) in [6.07, 6.45) is 3.37. The van der Waals surface area contributed by atoms with E-state index in [1.807, 2.05) is 31.9 Å². The van der Waals surface area contributed by atoms with Crippen molar-refractivity contribution >= 4 is 46.2 Å². The number of hydrogen-bond acceptors (Lipinski definition) is 7. The van der Waals surface area contributed by atoms with Gasteiger partial charge in [0, 0.05) is 13.1 Å². The van der Waals surface area contributed by atoms with Crippen LogP contribution in [-0.2, 0) is 4.74 Å². The molecule has 2 aromatic heterocycles. The summed E-state index contributed by atoms with van der Waals surface area (Å²) >= 11 is 7.31. The van der Waals surface area contributed by atoms with Gasteiger partial charge in [0.25, 0.3) is 0 Å². The van der Waals surface area contributed by atoms with Crippen molar-refractivity contribution in [3.05, 3.63) is 16.7 Å². The van der Waals surface area contributed by atoms with Crippen LogP contribution in [0, 0.1) is 12.7 Å². The molecule has 30 heavy (non-hydrogen) atoms. The Labute approximate surface area is 184 Å². The number of rotatable bonds is 2. The summed E-state index contributed by atoms with van der Waals surface area (Å²) in [5.41, 5.74) is 0.230.